The number of aliphatic hydroxyl groups is 2. The van der Waals surface area contributed by atoms with Gasteiger partial charge in [-0.05, 0) is 25.3 Å². The van der Waals surface area contributed by atoms with Gasteiger partial charge in [0.1, 0.15) is 42.5 Å². The molecule has 1 aliphatic carbocycles. The Morgan fingerprint density at radius 1 is 1.40 bits per heavy atom. The SMILES string of the molecule is CP(=O)(O)OOC[C@H]1O[C@@H](n2ccc3c(NC4CCC4)nc(C#N)nc32)[C@H](O)[C@@H]1O. The van der Waals surface area contributed by atoms with Gasteiger partial charge in [0.2, 0.25) is 5.82 Å². The second-order valence-corrected chi connectivity index (χ2v) is 9.20. The third-order valence-electron chi connectivity index (χ3n) is 5.15. The molecule has 2 fully saturated rings. The lowest BCUT2D eigenvalue weighted by Gasteiger charge is -2.27. The molecule has 1 saturated heterocycles. The summed E-state index contributed by atoms with van der Waals surface area (Å²) in [5, 5.41) is 34.1. The van der Waals surface area contributed by atoms with Crippen molar-refractivity contribution in [3.8, 4) is 6.07 Å². The summed E-state index contributed by atoms with van der Waals surface area (Å²) in [7, 11) is -3.86. The highest BCUT2D eigenvalue weighted by Gasteiger charge is 2.44. The molecule has 0 amide bonds. The number of hydrogen-bond donors (Lipinski definition) is 4. The van der Waals surface area contributed by atoms with Gasteiger partial charge in [-0.1, -0.05) is 0 Å². The monoisotopic (exact) mass is 439 g/mol. The van der Waals surface area contributed by atoms with E-state index in [4.69, 9.17) is 9.63 Å². The molecule has 1 unspecified atom stereocenters. The van der Waals surface area contributed by atoms with Crippen LogP contribution in [0.4, 0.5) is 5.82 Å². The number of nitrogens with one attached hydrogen (secondary N) is 1. The van der Waals surface area contributed by atoms with Crippen molar-refractivity contribution in [2.45, 2.75) is 49.8 Å². The first-order valence-electron chi connectivity index (χ1n) is 9.45. The molecule has 12 nitrogen and oxygen atoms in total. The van der Waals surface area contributed by atoms with Crippen molar-refractivity contribution in [2.75, 3.05) is 18.6 Å². The van der Waals surface area contributed by atoms with Gasteiger partial charge in [-0.15, -0.1) is 4.67 Å². The van der Waals surface area contributed by atoms with E-state index in [2.05, 4.69) is 24.8 Å². The Bertz CT molecular complexity index is 1010. The molecular formula is C17H22N5O7P. The Morgan fingerprint density at radius 2 is 2.17 bits per heavy atom. The third kappa shape index (κ3) is 4.19. The molecule has 0 aromatic carbocycles. The van der Waals surface area contributed by atoms with E-state index >= 15 is 0 Å². The first-order chi connectivity index (χ1) is 14.3. The Morgan fingerprint density at radius 3 is 2.80 bits per heavy atom. The second kappa shape index (κ2) is 8.20. The van der Waals surface area contributed by atoms with Gasteiger partial charge in [0.25, 0.3) is 0 Å². The van der Waals surface area contributed by atoms with E-state index in [0.29, 0.717) is 16.9 Å². The summed E-state index contributed by atoms with van der Waals surface area (Å²) in [5.74, 6) is 0.496. The molecule has 1 aliphatic heterocycles. The number of aromatic nitrogens is 3. The first kappa shape index (κ1) is 21.1. The van der Waals surface area contributed by atoms with Crippen molar-refractivity contribution in [3.63, 3.8) is 0 Å². The molecule has 2 aliphatic rings. The van der Waals surface area contributed by atoms with Crippen molar-refractivity contribution >= 4 is 24.4 Å². The average Bonchev–Trinajstić information content (AvgIpc) is 3.19. The van der Waals surface area contributed by atoms with Gasteiger partial charge in [0.15, 0.2) is 6.23 Å². The van der Waals surface area contributed by atoms with Gasteiger partial charge < -0.3 is 29.7 Å². The molecule has 0 radical (unpaired) electrons. The normalized spacial score (nSPS) is 28.8. The smallest absolute Gasteiger partial charge is 0.352 e. The number of nitriles is 1. The van der Waals surface area contributed by atoms with Gasteiger partial charge in [-0.2, -0.15) is 5.26 Å². The van der Waals surface area contributed by atoms with E-state index in [1.807, 2.05) is 6.07 Å². The van der Waals surface area contributed by atoms with Crippen LogP contribution in [0.5, 0.6) is 0 Å². The number of anilines is 1. The number of nitrogens with zero attached hydrogens (tertiary/aromatic N) is 4. The topological polar surface area (TPSA) is 172 Å². The van der Waals surface area contributed by atoms with Crippen LogP contribution in [0.1, 0.15) is 31.3 Å². The fourth-order valence-electron chi connectivity index (χ4n) is 3.44. The van der Waals surface area contributed by atoms with Crippen molar-refractivity contribution in [3.05, 3.63) is 18.1 Å². The predicted octanol–water partition coefficient (Wildman–Crippen LogP) is 0.650. The summed E-state index contributed by atoms with van der Waals surface area (Å²) in [6.45, 7) is 0.573. The molecule has 0 spiro atoms. The number of ether oxygens (including phenoxy) is 1. The zero-order valence-electron chi connectivity index (χ0n) is 16.1. The molecule has 1 saturated carbocycles. The Labute approximate surface area is 171 Å². The molecule has 0 bridgehead atoms. The number of aliphatic hydroxyl groups excluding tert-OH is 2. The van der Waals surface area contributed by atoms with Crippen molar-refractivity contribution < 1.29 is 34.0 Å². The highest BCUT2D eigenvalue weighted by Crippen LogP contribution is 2.38. The lowest BCUT2D eigenvalue weighted by molar-refractivity contribution is -0.238. The summed E-state index contributed by atoms with van der Waals surface area (Å²) in [6, 6.07) is 3.96. The first-order valence-corrected chi connectivity index (χ1v) is 11.5. The molecule has 4 N–H and O–H groups in total. The van der Waals surface area contributed by atoms with Crippen LogP contribution in [0.25, 0.3) is 11.0 Å². The molecule has 5 atom stereocenters. The van der Waals surface area contributed by atoms with Crippen LogP contribution in [0.3, 0.4) is 0 Å². The molecule has 4 rings (SSSR count). The molecule has 2 aromatic rings. The minimum atomic E-state index is -3.86. The molecule has 2 aromatic heterocycles. The quantitative estimate of drug-likeness (QED) is 0.271. The minimum absolute atomic E-state index is 0.0350. The van der Waals surface area contributed by atoms with Crippen LogP contribution in [0.15, 0.2) is 12.3 Å². The predicted molar refractivity (Wildman–Crippen MR) is 102 cm³/mol. The molecule has 30 heavy (non-hydrogen) atoms. The third-order valence-corrected chi connectivity index (χ3v) is 5.53. The zero-order valence-corrected chi connectivity index (χ0v) is 17.0. The average molecular weight is 439 g/mol. The van der Waals surface area contributed by atoms with Crippen LogP contribution in [0.2, 0.25) is 0 Å². The van der Waals surface area contributed by atoms with E-state index in [0.717, 1.165) is 25.9 Å². The summed E-state index contributed by atoms with van der Waals surface area (Å²) in [6.07, 6.45) is 0.0945. The summed E-state index contributed by atoms with van der Waals surface area (Å²) in [5.41, 5.74) is 0.367. The minimum Gasteiger partial charge on any atom is -0.387 e. The highest BCUT2D eigenvalue weighted by atomic mass is 31.2. The molecular weight excluding hydrogens is 417 g/mol. The molecule has 162 valence electrons. The van der Waals surface area contributed by atoms with E-state index in [9.17, 15) is 20.0 Å². The lowest BCUT2D eigenvalue weighted by atomic mass is 9.93. The molecule has 3 heterocycles. The maximum Gasteiger partial charge on any atom is 0.352 e. The highest BCUT2D eigenvalue weighted by molar-refractivity contribution is 7.51. The largest absolute Gasteiger partial charge is 0.387 e. The maximum absolute atomic E-state index is 11.1. The van der Waals surface area contributed by atoms with Crippen LogP contribution in [0, 0.1) is 11.3 Å². The van der Waals surface area contributed by atoms with E-state index in [1.54, 1.807) is 12.3 Å². The molecule has 13 heteroatoms. The van der Waals surface area contributed by atoms with Crippen LogP contribution in [-0.4, -0.2) is 67.3 Å². The number of fused-ring (bicyclic) bond motifs is 1. The summed E-state index contributed by atoms with van der Waals surface area (Å²) in [4.78, 5) is 22.3. The van der Waals surface area contributed by atoms with Crippen molar-refractivity contribution in [1.82, 2.24) is 14.5 Å². The fourth-order valence-corrected chi connectivity index (χ4v) is 3.69. The van der Waals surface area contributed by atoms with Gasteiger partial charge in [-0.25, -0.2) is 14.9 Å². The van der Waals surface area contributed by atoms with Gasteiger partial charge in [0, 0.05) is 18.9 Å². The number of hydrogen-bond acceptors (Lipinski definition) is 10. The Hall–Kier alpha value is -2.10. The van der Waals surface area contributed by atoms with Gasteiger partial charge >= 0.3 is 7.60 Å². The van der Waals surface area contributed by atoms with Crippen molar-refractivity contribution in [1.29, 1.82) is 5.26 Å². The number of rotatable bonds is 7. The van der Waals surface area contributed by atoms with Crippen LogP contribution < -0.4 is 5.32 Å². The summed E-state index contributed by atoms with van der Waals surface area (Å²) < 4.78 is 22.7. The maximum atomic E-state index is 11.1. The fraction of sp³-hybridized carbons (Fsp3) is 0.588. The van der Waals surface area contributed by atoms with Crippen molar-refractivity contribution in [2.24, 2.45) is 0 Å². The van der Waals surface area contributed by atoms with Crippen LogP contribution in [-0.2, 0) is 18.9 Å². The summed E-state index contributed by atoms with van der Waals surface area (Å²) >= 11 is 0. The Balaban J connectivity index is 1.58. The lowest BCUT2D eigenvalue weighted by Crippen LogP contribution is -2.33. The van der Waals surface area contributed by atoms with Crippen LogP contribution >= 0.6 is 7.60 Å². The second-order valence-electron chi connectivity index (χ2n) is 7.45. The van der Waals surface area contributed by atoms with E-state index in [-0.39, 0.29) is 18.5 Å². The van der Waals surface area contributed by atoms with Gasteiger partial charge in [-0.3, -0.25) is 4.57 Å². The van der Waals surface area contributed by atoms with E-state index < -0.39 is 32.1 Å². The Kier molecular flexibility index (Phi) is 5.78. The standard InChI is InChI=1S/C17H22N5O7P/c1-30(25,26)29-27-8-11-13(23)14(24)17(28-11)22-6-5-10-15(19-9-3-2-4-9)20-12(7-18)21-16(10)22/h5-6,9,11,13-14,17,23-24H,2-4,8H2,1H3,(H,25,26)(H,19,20,21)/t11-,13-,14-,17-/m1/s1. The van der Waals surface area contributed by atoms with Gasteiger partial charge in [0.05, 0.1) is 5.39 Å². The zero-order chi connectivity index (χ0) is 21.5. The van der Waals surface area contributed by atoms with E-state index in [1.165, 1.54) is 4.57 Å².